The Morgan fingerprint density at radius 2 is 1.76 bits per heavy atom. The molecule has 188 valence electrons. The van der Waals surface area contributed by atoms with Crippen LogP contribution in [-0.2, 0) is 6.54 Å². The molecular formula is C28H22F2N8. The fourth-order valence-corrected chi connectivity index (χ4v) is 5.14. The number of fused-ring (bicyclic) bond motifs is 2. The minimum absolute atomic E-state index is 0.203. The van der Waals surface area contributed by atoms with Gasteiger partial charge in [-0.3, -0.25) is 25.0 Å². The molecule has 0 saturated carbocycles. The van der Waals surface area contributed by atoms with E-state index in [4.69, 9.17) is 4.98 Å². The lowest BCUT2D eigenvalue weighted by Crippen LogP contribution is -2.18. The third kappa shape index (κ3) is 3.90. The lowest BCUT2D eigenvalue weighted by atomic mass is 10.1. The molecule has 0 aliphatic carbocycles. The Bertz CT molecular complexity index is 1800. The monoisotopic (exact) mass is 508 g/mol. The molecule has 6 aromatic rings. The van der Waals surface area contributed by atoms with Gasteiger partial charge in [0.05, 0.1) is 28.3 Å². The number of aromatic amines is 2. The van der Waals surface area contributed by atoms with Crippen molar-refractivity contribution >= 4 is 21.9 Å². The van der Waals surface area contributed by atoms with Gasteiger partial charge in [-0.15, -0.1) is 0 Å². The number of hydrogen-bond donors (Lipinski definition) is 2. The average molecular weight is 509 g/mol. The van der Waals surface area contributed by atoms with E-state index in [0.717, 1.165) is 25.2 Å². The number of hydrogen-bond acceptors (Lipinski definition) is 6. The first-order chi connectivity index (χ1) is 18.6. The van der Waals surface area contributed by atoms with E-state index in [2.05, 4.69) is 35.0 Å². The maximum atomic E-state index is 16.1. The molecule has 7 rings (SSSR count). The number of nitrogens with one attached hydrogen (secondary N) is 2. The molecule has 0 atom stereocenters. The largest absolute Gasteiger partial charge is 0.336 e. The average Bonchev–Trinajstić information content (AvgIpc) is 3.68. The van der Waals surface area contributed by atoms with E-state index in [-0.39, 0.29) is 16.9 Å². The highest BCUT2D eigenvalue weighted by Gasteiger charge is 2.22. The summed E-state index contributed by atoms with van der Waals surface area (Å²) in [4.78, 5) is 23.5. The Hall–Kier alpha value is -4.57. The summed E-state index contributed by atoms with van der Waals surface area (Å²) in [6, 6.07) is 9.89. The normalized spacial score (nSPS) is 14.2. The Kier molecular flexibility index (Phi) is 5.40. The van der Waals surface area contributed by atoms with Crippen molar-refractivity contribution in [3.05, 3.63) is 78.4 Å². The van der Waals surface area contributed by atoms with E-state index in [1.54, 1.807) is 36.8 Å². The molecule has 38 heavy (non-hydrogen) atoms. The van der Waals surface area contributed by atoms with Crippen molar-refractivity contribution in [2.75, 3.05) is 13.1 Å². The molecule has 0 bridgehead atoms. The van der Waals surface area contributed by atoms with Gasteiger partial charge < -0.3 is 4.98 Å². The maximum absolute atomic E-state index is 16.1. The SMILES string of the molecule is Fc1cccc(-c2nccc3[nH]c(-c4n[nH]c5cnc(-c6cncc(CN7CCCC7)c6)c(F)c45)nc23)c1. The molecule has 0 amide bonds. The van der Waals surface area contributed by atoms with Crippen molar-refractivity contribution in [2.24, 2.45) is 0 Å². The van der Waals surface area contributed by atoms with Gasteiger partial charge in [-0.1, -0.05) is 12.1 Å². The predicted octanol–water partition coefficient (Wildman–Crippen LogP) is 5.50. The van der Waals surface area contributed by atoms with Crippen molar-refractivity contribution in [1.82, 2.24) is 40.0 Å². The quantitative estimate of drug-likeness (QED) is 0.319. The number of imidazole rings is 1. The maximum Gasteiger partial charge on any atom is 0.161 e. The van der Waals surface area contributed by atoms with E-state index >= 15 is 4.39 Å². The molecule has 6 heterocycles. The van der Waals surface area contributed by atoms with Crippen LogP contribution < -0.4 is 0 Å². The van der Waals surface area contributed by atoms with Crippen molar-refractivity contribution in [3.8, 4) is 34.0 Å². The molecule has 0 radical (unpaired) electrons. The van der Waals surface area contributed by atoms with Crippen LogP contribution in [0.4, 0.5) is 8.78 Å². The Morgan fingerprint density at radius 3 is 2.63 bits per heavy atom. The number of benzene rings is 1. The molecule has 2 N–H and O–H groups in total. The number of pyridine rings is 3. The van der Waals surface area contributed by atoms with Gasteiger partial charge in [0, 0.05) is 36.3 Å². The first-order valence-electron chi connectivity index (χ1n) is 12.4. The van der Waals surface area contributed by atoms with E-state index in [1.165, 1.54) is 25.0 Å². The zero-order valence-corrected chi connectivity index (χ0v) is 20.2. The summed E-state index contributed by atoms with van der Waals surface area (Å²) in [6.07, 6.45) is 9.04. The molecule has 0 spiro atoms. The molecule has 5 aromatic heterocycles. The van der Waals surface area contributed by atoms with Gasteiger partial charge in [-0.25, -0.2) is 13.8 Å². The van der Waals surface area contributed by atoms with Crippen molar-refractivity contribution in [1.29, 1.82) is 0 Å². The van der Waals surface area contributed by atoms with Crippen LogP contribution in [0.2, 0.25) is 0 Å². The highest BCUT2D eigenvalue weighted by Crippen LogP contribution is 2.34. The van der Waals surface area contributed by atoms with E-state index < -0.39 is 5.82 Å². The lowest BCUT2D eigenvalue weighted by molar-refractivity contribution is 0.331. The van der Waals surface area contributed by atoms with Crippen LogP contribution >= 0.6 is 0 Å². The minimum Gasteiger partial charge on any atom is -0.336 e. The summed E-state index contributed by atoms with van der Waals surface area (Å²) in [7, 11) is 0. The smallest absolute Gasteiger partial charge is 0.161 e. The highest BCUT2D eigenvalue weighted by molar-refractivity contribution is 5.97. The number of rotatable bonds is 5. The molecule has 1 aromatic carbocycles. The van der Waals surface area contributed by atoms with E-state index in [9.17, 15) is 4.39 Å². The van der Waals surface area contributed by atoms with Gasteiger partial charge in [0.1, 0.15) is 22.7 Å². The van der Waals surface area contributed by atoms with E-state index in [1.807, 2.05) is 12.3 Å². The minimum atomic E-state index is -0.504. The summed E-state index contributed by atoms with van der Waals surface area (Å²) >= 11 is 0. The van der Waals surface area contributed by atoms with Crippen molar-refractivity contribution in [2.45, 2.75) is 19.4 Å². The summed E-state index contributed by atoms with van der Waals surface area (Å²) in [5.41, 5.74) is 4.94. The molecule has 8 nitrogen and oxygen atoms in total. The standard InChI is InChI=1S/C28H22F2N8/c29-19-5-3-4-17(11-19)25-26-20(6-7-32-25)34-28(35-26)27-22-21(36-37-27)14-33-24(23(22)30)18-10-16(12-31-13-18)15-38-8-1-2-9-38/h3-7,10-14H,1-2,8-9,15H2,(H,34,35)(H,36,37). The Balaban J connectivity index is 1.31. The van der Waals surface area contributed by atoms with Gasteiger partial charge in [-0.2, -0.15) is 5.10 Å². The number of halogens is 2. The lowest BCUT2D eigenvalue weighted by Gasteiger charge is -2.14. The second kappa shape index (κ2) is 9.07. The summed E-state index contributed by atoms with van der Waals surface area (Å²) < 4.78 is 29.9. The van der Waals surface area contributed by atoms with Gasteiger partial charge >= 0.3 is 0 Å². The van der Waals surface area contributed by atoms with Crippen LogP contribution in [0.1, 0.15) is 18.4 Å². The summed E-state index contributed by atoms with van der Waals surface area (Å²) in [5.74, 6) is -0.499. The zero-order valence-electron chi connectivity index (χ0n) is 20.2. The fourth-order valence-electron chi connectivity index (χ4n) is 5.14. The van der Waals surface area contributed by atoms with Crippen LogP contribution in [0.15, 0.2) is 61.2 Å². The molecule has 0 unspecified atom stereocenters. The van der Waals surface area contributed by atoms with E-state index in [0.29, 0.717) is 44.9 Å². The van der Waals surface area contributed by atoms with Gasteiger partial charge in [0.15, 0.2) is 11.6 Å². The topological polar surface area (TPSA) is 99.3 Å². The molecule has 1 aliphatic rings. The molecule has 1 saturated heterocycles. The van der Waals surface area contributed by atoms with Crippen LogP contribution in [0, 0.1) is 11.6 Å². The number of likely N-dealkylation sites (tertiary alicyclic amines) is 1. The molecule has 1 fully saturated rings. The Morgan fingerprint density at radius 1 is 0.868 bits per heavy atom. The second-order valence-electron chi connectivity index (χ2n) is 9.50. The van der Waals surface area contributed by atoms with Crippen LogP contribution in [0.25, 0.3) is 56.0 Å². The third-order valence-corrected chi connectivity index (χ3v) is 6.94. The van der Waals surface area contributed by atoms with Crippen molar-refractivity contribution < 1.29 is 8.78 Å². The van der Waals surface area contributed by atoms with Gasteiger partial charge in [0.25, 0.3) is 0 Å². The number of H-pyrrole nitrogens is 2. The summed E-state index contributed by atoms with van der Waals surface area (Å²) in [6.45, 7) is 2.91. The second-order valence-corrected chi connectivity index (χ2v) is 9.50. The highest BCUT2D eigenvalue weighted by atomic mass is 19.1. The van der Waals surface area contributed by atoms with Crippen LogP contribution in [-0.4, -0.2) is 53.1 Å². The zero-order chi connectivity index (χ0) is 25.6. The van der Waals surface area contributed by atoms with Crippen LogP contribution in [0.5, 0.6) is 0 Å². The molecule has 1 aliphatic heterocycles. The van der Waals surface area contributed by atoms with Gasteiger partial charge in [0.2, 0.25) is 0 Å². The fraction of sp³-hybridized carbons (Fsp3) is 0.179. The number of aromatic nitrogens is 7. The number of nitrogens with zero attached hydrogens (tertiary/aromatic N) is 6. The Labute approximate surface area is 215 Å². The summed E-state index contributed by atoms with van der Waals surface area (Å²) in [5, 5.41) is 7.50. The first-order valence-corrected chi connectivity index (χ1v) is 12.4. The molecule has 10 heteroatoms. The van der Waals surface area contributed by atoms with Gasteiger partial charge in [-0.05, 0) is 55.8 Å². The first kappa shape index (κ1) is 22.6. The van der Waals surface area contributed by atoms with Crippen LogP contribution in [0.3, 0.4) is 0 Å². The van der Waals surface area contributed by atoms with Crippen molar-refractivity contribution in [3.63, 3.8) is 0 Å². The molecular weight excluding hydrogens is 486 g/mol. The predicted molar refractivity (Wildman–Crippen MR) is 140 cm³/mol. The third-order valence-electron chi connectivity index (χ3n) is 6.94.